The van der Waals surface area contributed by atoms with E-state index in [4.69, 9.17) is 0 Å². The highest BCUT2D eigenvalue weighted by Gasteiger charge is 2.34. The van der Waals surface area contributed by atoms with Gasteiger partial charge in [-0.05, 0) is 58.0 Å². The van der Waals surface area contributed by atoms with Crippen LogP contribution in [0, 0.1) is 3.57 Å². The van der Waals surface area contributed by atoms with Gasteiger partial charge in [-0.25, -0.2) is 0 Å². The predicted molar refractivity (Wildman–Crippen MR) is 76.3 cm³/mol. The van der Waals surface area contributed by atoms with Crippen LogP contribution in [0.4, 0.5) is 26.3 Å². The number of rotatable bonds is 2. The highest BCUT2D eigenvalue weighted by atomic mass is 127. The Morgan fingerprint density at radius 2 is 1.55 bits per heavy atom. The number of benzene rings is 2. The molecule has 0 unspecified atom stereocenters. The van der Waals surface area contributed by atoms with Crippen molar-refractivity contribution in [3.05, 3.63) is 51.6 Å². The number of halogens is 7. The first-order chi connectivity index (χ1) is 10.1. The van der Waals surface area contributed by atoms with E-state index in [1.54, 1.807) is 22.6 Å². The smallest absolute Gasteiger partial charge is 0.406 e. The Bertz CT molecular complexity index is 678. The van der Waals surface area contributed by atoms with E-state index in [2.05, 4.69) is 4.74 Å². The monoisotopic (exact) mass is 432 g/mol. The maximum Gasteiger partial charge on any atom is 0.573 e. The van der Waals surface area contributed by atoms with Crippen LogP contribution in [-0.2, 0) is 6.18 Å². The zero-order valence-corrected chi connectivity index (χ0v) is 12.8. The molecule has 0 saturated carbocycles. The fourth-order valence-corrected chi connectivity index (χ4v) is 2.35. The number of ether oxygens (including phenoxy) is 1. The van der Waals surface area contributed by atoms with E-state index >= 15 is 0 Å². The third-order valence-corrected chi connectivity index (χ3v) is 3.34. The lowest BCUT2D eigenvalue weighted by molar-refractivity contribution is -0.274. The van der Waals surface area contributed by atoms with Gasteiger partial charge in [-0.2, -0.15) is 13.2 Å². The SMILES string of the molecule is FC(F)(F)Oc1cccc(-c2ccc(I)cc2C(F)(F)F)c1. The van der Waals surface area contributed by atoms with Gasteiger partial charge < -0.3 is 4.74 Å². The Labute approximate surface area is 135 Å². The maximum absolute atomic E-state index is 13.1. The molecule has 0 fully saturated rings. The van der Waals surface area contributed by atoms with Gasteiger partial charge in [0, 0.05) is 3.57 Å². The van der Waals surface area contributed by atoms with Gasteiger partial charge in [0.05, 0.1) is 5.56 Å². The molecule has 2 aromatic carbocycles. The van der Waals surface area contributed by atoms with Crippen LogP contribution in [-0.4, -0.2) is 6.36 Å². The molecule has 0 aromatic heterocycles. The lowest BCUT2D eigenvalue weighted by atomic mass is 9.99. The van der Waals surface area contributed by atoms with Gasteiger partial charge in [-0.1, -0.05) is 18.2 Å². The van der Waals surface area contributed by atoms with E-state index in [9.17, 15) is 26.3 Å². The van der Waals surface area contributed by atoms with Crippen molar-refractivity contribution in [2.75, 3.05) is 0 Å². The molecule has 8 heteroatoms. The molecule has 0 aliphatic rings. The predicted octanol–water partition coefficient (Wildman–Crippen LogP) is 5.88. The summed E-state index contributed by atoms with van der Waals surface area (Å²) in [6.07, 6.45) is -9.52. The minimum absolute atomic E-state index is 0.00882. The second-order valence-electron chi connectivity index (χ2n) is 4.26. The number of hydrogen-bond donors (Lipinski definition) is 0. The average Bonchev–Trinajstić information content (AvgIpc) is 2.36. The highest BCUT2D eigenvalue weighted by Crippen LogP contribution is 2.39. The molecule has 1 nitrogen and oxygen atoms in total. The summed E-state index contributed by atoms with van der Waals surface area (Å²) in [7, 11) is 0. The molecule has 0 heterocycles. The van der Waals surface area contributed by atoms with Crippen molar-refractivity contribution in [2.45, 2.75) is 12.5 Å². The van der Waals surface area contributed by atoms with Gasteiger partial charge in [0.2, 0.25) is 0 Å². The molecule has 0 spiro atoms. The average molecular weight is 432 g/mol. The Hall–Kier alpha value is -1.45. The Balaban J connectivity index is 2.51. The molecule has 2 rings (SSSR count). The summed E-state index contributed by atoms with van der Waals surface area (Å²) in [4.78, 5) is 0. The Morgan fingerprint density at radius 3 is 2.14 bits per heavy atom. The normalized spacial score (nSPS) is 12.3. The molecule has 0 amide bonds. The first-order valence-electron chi connectivity index (χ1n) is 5.79. The van der Waals surface area contributed by atoms with Crippen LogP contribution in [0.2, 0.25) is 0 Å². The van der Waals surface area contributed by atoms with E-state index in [0.717, 1.165) is 18.2 Å². The van der Waals surface area contributed by atoms with Gasteiger partial charge in [-0.15, -0.1) is 13.2 Å². The van der Waals surface area contributed by atoms with Gasteiger partial charge >= 0.3 is 12.5 Å². The molecule has 0 radical (unpaired) electrons. The molecule has 22 heavy (non-hydrogen) atoms. The van der Waals surface area contributed by atoms with E-state index in [1.807, 2.05) is 0 Å². The molecule has 0 aliphatic carbocycles. The van der Waals surface area contributed by atoms with Crippen LogP contribution in [0.25, 0.3) is 11.1 Å². The Kier molecular flexibility index (Phi) is 4.59. The zero-order chi connectivity index (χ0) is 16.5. The second-order valence-corrected chi connectivity index (χ2v) is 5.51. The maximum atomic E-state index is 13.1. The summed E-state index contributed by atoms with van der Waals surface area (Å²) in [6.45, 7) is 0. The zero-order valence-electron chi connectivity index (χ0n) is 10.6. The van der Waals surface area contributed by atoms with Gasteiger partial charge in [0.1, 0.15) is 5.75 Å². The second kappa shape index (κ2) is 5.98. The molecule has 0 bridgehead atoms. The van der Waals surface area contributed by atoms with Crippen molar-refractivity contribution in [1.82, 2.24) is 0 Å². The summed E-state index contributed by atoms with van der Waals surface area (Å²) in [5.41, 5.74) is -1.13. The van der Waals surface area contributed by atoms with Gasteiger partial charge in [0.25, 0.3) is 0 Å². The molecule has 0 aliphatic heterocycles. The molecular weight excluding hydrogens is 425 g/mol. The molecule has 0 N–H and O–H groups in total. The van der Waals surface area contributed by atoms with Crippen LogP contribution >= 0.6 is 22.6 Å². The van der Waals surface area contributed by atoms with Crippen molar-refractivity contribution >= 4 is 22.6 Å². The van der Waals surface area contributed by atoms with Crippen molar-refractivity contribution in [2.24, 2.45) is 0 Å². The molecule has 118 valence electrons. The van der Waals surface area contributed by atoms with Crippen LogP contribution in [0.3, 0.4) is 0 Å². The van der Waals surface area contributed by atoms with Crippen LogP contribution in [0.1, 0.15) is 5.56 Å². The van der Waals surface area contributed by atoms with Crippen molar-refractivity contribution < 1.29 is 31.1 Å². The quantitative estimate of drug-likeness (QED) is 0.426. The minimum atomic E-state index is -4.91. The third kappa shape index (κ3) is 4.28. The summed E-state index contributed by atoms with van der Waals surface area (Å²) < 4.78 is 79.9. The first kappa shape index (κ1) is 16.9. The molecule has 0 atom stereocenters. The summed E-state index contributed by atoms with van der Waals surface area (Å²) >= 11 is 1.73. The van der Waals surface area contributed by atoms with E-state index in [0.29, 0.717) is 3.57 Å². The molecular formula is C14H7F6IO. The van der Waals surface area contributed by atoms with Crippen molar-refractivity contribution in [3.8, 4) is 16.9 Å². The standard InChI is InChI=1S/C14H7F6IO/c15-13(16,17)12-7-9(21)4-5-11(12)8-2-1-3-10(6-8)22-14(18,19)20/h1-7H. The van der Waals surface area contributed by atoms with E-state index in [-0.39, 0.29) is 11.1 Å². The van der Waals surface area contributed by atoms with Crippen molar-refractivity contribution in [3.63, 3.8) is 0 Å². The van der Waals surface area contributed by atoms with Crippen LogP contribution < -0.4 is 4.74 Å². The molecule has 2 aromatic rings. The van der Waals surface area contributed by atoms with E-state index < -0.39 is 23.9 Å². The fourth-order valence-electron chi connectivity index (χ4n) is 1.86. The lowest BCUT2D eigenvalue weighted by Gasteiger charge is -2.15. The first-order valence-corrected chi connectivity index (χ1v) is 6.87. The fraction of sp³-hybridized carbons (Fsp3) is 0.143. The molecule has 0 saturated heterocycles. The number of alkyl halides is 6. The van der Waals surface area contributed by atoms with E-state index in [1.165, 1.54) is 24.3 Å². The Morgan fingerprint density at radius 1 is 0.864 bits per heavy atom. The highest BCUT2D eigenvalue weighted by molar-refractivity contribution is 14.1. The largest absolute Gasteiger partial charge is 0.573 e. The van der Waals surface area contributed by atoms with Crippen LogP contribution in [0.15, 0.2) is 42.5 Å². The van der Waals surface area contributed by atoms with Gasteiger partial charge in [0.15, 0.2) is 0 Å². The lowest BCUT2D eigenvalue weighted by Crippen LogP contribution is -2.17. The minimum Gasteiger partial charge on any atom is -0.406 e. The van der Waals surface area contributed by atoms with Crippen LogP contribution in [0.5, 0.6) is 5.75 Å². The van der Waals surface area contributed by atoms with Gasteiger partial charge in [-0.3, -0.25) is 0 Å². The topological polar surface area (TPSA) is 9.23 Å². The summed E-state index contributed by atoms with van der Waals surface area (Å²) in [6, 6.07) is 8.05. The third-order valence-electron chi connectivity index (χ3n) is 2.67. The summed E-state index contributed by atoms with van der Waals surface area (Å²) in [5.74, 6) is -0.573. The number of hydrogen-bond acceptors (Lipinski definition) is 1. The van der Waals surface area contributed by atoms with Crippen molar-refractivity contribution in [1.29, 1.82) is 0 Å². The summed E-state index contributed by atoms with van der Waals surface area (Å²) in [5, 5.41) is 0.